The third kappa shape index (κ3) is 4.02. The van der Waals surface area contributed by atoms with Gasteiger partial charge in [0.15, 0.2) is 11.5 Å². The lowest BCUT2D eigenvalue weighted by molar-refractivity contribution is 0.251. The van der Waals surface area contributed by atoms with Gasteiger partial charge in [-0.3, -0.25) is 4.90 Å². The van der Waals surface area contributed by atoms with E-state index in [4.69, 9.17) is 21.1 Å². The van der Waals surface area contributed by atoms with Gasteiger partial charge in [-0.15, -0.1) is 0 Å². The van der Waals surface area contributed by atoms with Crippen molar-refractivity contribution in [2.75, 3.05) is 33.9 Å². The highest BCUT2D eigenvalue weighted by Gasteiger charge is 2.18. The molecule has 21 heavy (non-hydrogen) atoms. The molecule has 1 saturated heterocycles. The normalized spacial score (nSPS) is 17.0. The van der Waals surface area contributed by atoms with Crippen LogP contribution in [0.4, 0.5) is 0 Å². The number of rotatable bonds is 7. The van der Waals surface area contributed by atoms with Crippen molar-refractivity contribution in [3.63, 3.8) is 0 Å². The number of hydrogen-bond donors (Lipinski definition) is 1. The second-order valence-corrected chi connectivity index (χ2v) is 5.88. The topological polar surface area (TPSA) is 33.7 Å². The predicted molar refractivity (Wildman–Crippen MR) is 86.5 cm³/mol. The van der Waals surface area contributed by atoms with E-state index < -0.39 is 0 Å². The molecule has 1 atom stereocenters. The van der Waals surface area contributed by atoms with Crippen LogP contribution in [0.1, 0.15) is 25.3 Å². The molecule has 0 amide bonds. The van der Waals surface area contributed by atoms with Gasteiger partial charge in [0.05, 0.1) is 19.2 Å². The molecule has 0 aromatic heterocycles. The summed E-state index contributed by atoms with van der Waals surface area (Å²) in [4.78, 5) is 2.53. The Morgan fingerprint density at radius 3 is 2.57 bits per heavy atom. The zero-order chi connectivity index (χ0) is 15.2. The minimum Gasteiger partial charge on any atom is -0.493 e. The number of benzene rings is 1. The minimum absolute atomic E-state index is 0.561. The smallest absolute Gasteiger partial charge is 0.179 e. The zero-order valence-electron chi connectivity index (χ0n) is 13.1. The third-order valence-electron chi connectivity index (χ3n) is 4.08. The monoisotopic (exact) mass is 312 g/mol. The highest BCUT2D eigenvalue weighted by molar-refractivity contribution is 6.33. The van der Waals surface area contributed by atoms with Crippen molar-refractivity contribution in [3.8, 4) is 11.5 Å². The van der Waals surface area contributed by atoms with Gasteiger partial charge in [0.1, 0.15) is 0 Å². The number of likely N-dealkylation sites (tertiary alicyclic amines) is 1. The van der Waals surface area contributed by atoms with Crippen LogP contribution in [0.3, 0.4) is 0 Å². The number of methoxy groups -OCH3 is 2. The number of hydrogen-bond acceptors (Lipinski definition) is 4. The van der Waals surface area contributed by atoms with E-state index in [2.05, 4.69) is 17.1 Å². The van der Waals surface area contributed by atoms with Gasteiger partial charge >= 0.3 is 0 Å². The Hall–Kier alpha value is -0.970. The standard InChI is InChI=1S/C16H25ClN2O2/c1-12(19-8-4-5-9-19)10-18-11-13-6-7-14(20-2)16(21-3)15(13)17/h6-7,12,18H,4-5,8-11H2,1-3H3. The molecule has 1 unspecified atom stereocenters. The van der Waals surface area contributed by atoms with Crippen molar-refractivity contribution in [1.29, 1.82) is 0 Å². The molecule has 0 radical (unpaired) electrons. The first kappa shape index (κ1) is 16.4. The number of nitrogens with one attached hydrogen (secondary N) is 1. The van der Waals surface area contributed by atoms with Crippen molar-refractivity contribution in [2.45, 2.75) is 32.4 Å². The van der Waals surface area contributed by atoms with Gasteiger partial charge in [0.25, 0.3) is 0 Å². The first-order valence-electron chi connectivity index (χ1n) is 7.51. The van der Waals surface area contributed by atoms with E-state index >= 15 is 0 Å². The maximum absolute atomic E-state index is 6.38. The number of nitrogens with zero attached hydrogens (tertiary/aromatic N) is 1. The largest absolute Gasteiger partial charge is 0.493 e. The predicted octanol–water partition coefficient (Wildman–Crippen LogP) is 2.93. The second-order valence-electron chi connectivity index (χ2n) is 5.50. The minimum atomic E-state index is 0.561. The Kier molecular flexibility index (Phi) is 6.15. The van der Waals surface area contributed by atoms with Crippen molar-refractivity contribution in [2.24, 2.45) is 0 Å². The molecule has 2 rings (SSSR count). The fraction of sp³-hybridized carbons (Fsp3) is 0.625. The van der Waals surface area contributed by atoms with E-state index in [0.717, 1.165) is 18.7 Å². The fourth-order valence-electron chi connectivity index (χ4n) is 2.79. The summed E-state index contributed by atoms with van der Waals surface area (Å²) in [6.45, 7) is 6.41. The number of ether oxygens (including phenoxy) is 2. The SMILES string of the molecule is COc1ccc(CNCC(C)N2CCCC2)c(Cl)c1OC. The van der Waals surface area contributed by atoms with Gasteiger partial charge in [-0.2, -0.15) is 0 Å². The lowest BCUT2D eigenvalue weighted by Gasteiger charge is -2.24. The first-order valence-corrected chi connectivity index (χ1v) is 7.89. The summed E-state index contributed by atoms with van der Waals surface area (Å²) in [6.07, 6.45) is 2.65. The van der Waals surface area contributed by atoms with Gasteiger partial charge in [-0.25, -0.2) is 0 Å². The van der Waals surface area contributed by atoms with Crippen LogP contribution in [0.25, 0.3) is 0 Å². The average Bonchev–Trinajstić information content (AvgIpc) is 3.02. The summed E-state index contributed by atoms with van der Waals surface area (Å²) in [5, 5.41) is 4.11. The molecule has 1 aliphatic heterocycles. The van der Waals surface area contributed by atoms with Crippen LogP contribution >= 0.6 is 11.6 Å². The Morgan fingerprint density at radius 1 is 1.24 bits per heavy atom. The molecule has 1 aromatic carbocycles. The molecular formula is C16H25ClN2O2. The first-order chi connectivity index (χ1) is 10.2. The van der Waals surface area contributed by atoms with E-state index in [-0.39, 0.29) is 0 Å². The highest BCUT2D eigenvalue weighted by Crippen LogP contribution is 2.37. The quantitative estimate of drug-likeness (QED) is 0.839. The molecule has 5 heteroatoms. The van der Waals surface area contributed by atoms with E-state index in [1.807, 2.05) is 12.1 Å². The van der Waals surface area contributed by atoms with Crippen LogP contribution < -0.4 is 14.8 Å². The van der Waals surface area contributed by atoms with E-state index in [9.17, 15) is 0 Å². The van der Waals surface area contributed by atoms with Crippen LogP contribution in [0.5, 0.6) is 11.5 Å². The van der Waals surface area contributed by atoms with Crippen molar-refractivity contribution in [3.05, 3.63) is 22.7 Å². The van der Waals surface area contributed by atoms with Crippen LogP contribution in [0.2, 0.25) is 5.02 Å². The van der Waals surface area contributed by atoms with Crippen molar-refractivity contribution in [1.82, 2.24) is 10.2 Å². The Balaban J connectivity index is 1.91. The van der Waals surface area contributed by atoms with Gasteiger partial charge in [-0.05, 0) is 44.5 Å². The summed E-state index contributed by atoms with van der Waals surface area (Å²) < 4.78 is 10.6. The van der Waals surface area contributed by atoms with E-state index in [1.54, 1.807) is 14.2 Å². The van der Waals surface area contributed by atoms with Crippen molar-refractivity contribution < 1.29 is 9.47 Å². The summed E-state index contributed by atoms with van der Waals surface area (Å²) in [6, 6.07) is 4.44. The molecule has 1 fully saturated rings. The Labute approximate surface area is 132 Å². The molecule has 1 heterocycles. The highest BCUT2D eigenvalue weighted by atomic mass is 35.5. The van der Waals surface area contributed by atoms with Crippen LogP contribution in [0.15, 0.2) is 12.1 Å². The summed E-state index contributed by atoms with van der Waals surface area (Å²) in [5.74, 6) is 1.27. The molecule has 4 nitrogen and oxygen atoms in total. The molecule has 0 saturated carbocycles. The zero-order valence-corrected chi connectivity index (χ0v) is 13.9. The average molecular weight is 313 g/mol. The fourth-order valence-corrected chi connectivity index (χ4v) is 3.09. The Morgan fingerprint density at radius 2 is 1.95 bits per heavy atom. The van der Waals surface area contributed by atoms with Gasteiger partial charge in [-0.1, -0.05) is 17.7 Å². The molecule has 0 aliphatic carbocycles. The van der Waals surface area contributed by atoms with Gasteiger partial charge in [0, 0.05) is 19.1 Å². The van der Waals surface area contributed by atoms with Crippen LogP contribution in [-0.4, -0.2) is 44.8 Å². The van der Waals surface area contributed by atoms with Crippen LogP contribution in [-0.2, 0) is 6.54 Å². The summed E-state index contributed by atoms with van der Waals surface area (Å²) >= 11 is 6.38. The molecule has 0 bridgehead atoms. The molecule has 0 spiro atoms. The van der Waals surface area contributed by atoms with E-state index in [0.29, 0.717) is 22.6 Å². The maximum Gasteiger partial charge on any atom is 0.179 e. The molecule has 118 valence electrons. The van der Waals surface area contributed by atoms with Gasteiger partial charge < -0.3 is 14.8 Å². The second kappa shape index (κ2) is 7.87. The Bertz CT molecular complexity index is 462. The molecular weight excluding hydrogens is 288 g/mol. The van der Waals surface area contributed by atoms with Crippen LogP contribution in [0, 0.1) is 0 Å². The molecule has 1 N–H and O–H groups in total. The van der Waals surface area contributed by atoms with E-state index in [1.165, 1.54) is 25.9 Å². The van der Waals surface area contributed by atoms with Gasteiger partial charge in [0.2, 0.25) is 0 Å². The summed E-state index contributed by atoms with van der Waals surface area (Å²) in [5.41, 5.74) is 1.03. The molecule has 1 aliphatic rings. The summed E-state index contributed by atoms with van der Waals surface area (Å²) in [7, 11) is 3.22. The lowest BCUT2D eigenvalue weighted by Crippen LogP contribution is -2.38. The van der Waals surface area contributed by atoms with Crippen molar-refractivity contribution >= 4 is 11.6 Å². The molecule has 1 aromatic rings. The number of halogens is 1. The lowest BCUT2D eigenvalue weighted by atomic mass is 10.2. The maximum atomic E-state index is 6.38. The third-order valence-corrected chi connectivity index (χ3v) is 4.50.